The Morgan fingerprint density at radius 1 is 1.47 bits per heavy atom. The van der Waals surface area contributed by atoms with Crippen molar-refractivity contribution in [3.63, 3.8) is 0 Å². The van der Waals surface area contributed by atoms with Crippen molar-refractivity contribution in [2.45, 2.75) is 30.3 Å². The number of hydrogen-bond donors (Lipinski definition) is 2. The summed E-state index contributed by atoms with van der Waals surface area (Å²) in [4.78, 5) is 0.166. The number of methoxy groups -OCH3 is 1. The number of hydrogen-bond acceptors (Lipinski definition) is 4. The molecule has 0 bridgehead atoms. The van der Waals surface area contributed by atoms with E-state index >= 15 is 0 Å². The van der Waals surface area contributed by atoms with E-state index in [2.05, 4.69) is 4.72 Å². The number of benzene rings is 1. The Morgan fingerprint density at radius 2 is 2.12 bits per heavy atom. The predicted molar refractivity (Wildman–Crippen MR) is 64.4 cm³/mol. The van der Waals surface area contributed by atoms with Gasteiger partial charge in [-0.2, -0.15) is 0 Å². The Balaban J connectivity index is 2.34. The fraction of sp³-hybridized carbons (Fsp3) is 0.455. The second-order valence-corrected chi connectivity index (χ2v) is 5.96. The zero-order chi connectivity index (χ0) is 12.6. The first kappa shape index (κ1) is 12.3. The van der Waals surface area contributed by atoms with Crippen molar-refractivity contribution in [1.82, 2.24) is 4.72 Å². The quantitative estimate of drug-likeness (QED) is 0.816. The highest BCUT2D eigenvalue weighted by molar-refractivity contribution is 7.89. The zero-order valence-electron chi connectivity index (χ0n) is 9.80. The van der Waals surface area contributed by atoms with Crippen LogP contribution in [0.5, 0.6) is 5.75 Å². The van der Waals surface area contributed by atoms with Crippen LogP contribution in [0.3, 0.4) is 0 Å². The molecule has 0 spiro atoms. The molecule has 0 saturated heterocycles. The van der Waals surface area contributed by atoms with Gasteiger partial charge in [0.1, 0.15) is 10.6 Å². The van der Waals surface area contributed by atoms with Crippen molar-refractivity contribution in [3.8, 4) is 5.75 Å². The molecule has 0 heterocycles. The maximum Gasteiger partial charge on any atom is 0.244 e. The van der Waals surface area contributed by atoms with Gasteiger partial charge in [-0.1, -0.05) is 6.07 Å². The van der Waals surface area contributed by atoms with Crippen LogP contribution in [-0.2, 0) is 10.0 Å². The van der Waals surface area contributed by atoms with Gasteiger partial charge in [0.25, 0.3) is 0 Å². The van der Waals surface area contributed by atoms with E-state index in [1.807, 2.05) is 6.92 Å². The van der Waals surface area contributed by atoms with Crippen molar-refractivity contribution in [3.05, 3.63) is 23.8 Å². The molecule has 1 aliphatic carbocycles. The molecule has 0 amide bonds. The van der Waals surface area contributed by atoms with E-state index in [0.717, 1.165) is 5.56 Å². The molecular weight excluding hydrogens is 240 g/mol. The summed E-state index contributed by atoms with van der Waals surface area (Å²) in [7, 11) is -2.10. The van der Waals surface area contributed by atoms with E-state index in [1.165, 1.54) is 7.11 Å². The van der Waals surface area contributed by atoms with Gasteiger partial charge in [-0.05, 0) is 31.0 Å². The van der Waals surface area contributed by atoms with Crippen LogP contribution in [0, 0.1) is 6.92 Å². The maximum atomic E-state index is 12.1. The monoisotopic (exact) mass is 256 g/mol. The molecule has 94 valence electrons. The number of ether oxygens (including phenoxy) is 1. The number of sulfonamides is 1. The lowest BCUT2D eigenvalue weighted by Crippen LogP contribution is -2.30. The summed E-state index contributed by atoms with van der Waals surface area (Å²) in [5.41, 5.74) is 6.46. The first-order valence-corrected chi connectivity index (χ1v) is 6.85. The van der Waals surface area contributed by atoms with Gasteiger partial charge in [0.15, 0.2) is 0 Å². The van der Waals surface area contributed by atoms with E-state index in [1.54, 1.807) is 18.2 Å². The lowest BCUT2D eigenvalue weighted by atomic mass is 10.2. The van der Waals surface area contributed by atoms with Gasteiger partial charge in [0, 0.05) is 12.1 Å². The minimum atomic E-state index is -3.55. The second kappa shape index (κ2) is 4.29. The predicted octanol–water partition coefficient (Wildman–Crippen LogP) is 0.382. The number of aryl methyl sites for hydroxylation is 1. The van der Waals surface area contributed by atoms with E-state index in [0.29, 0.717) is 12.2 Å². The number of nitrogens with one attached hydrogen (secondary N) is 1. The highest BCUT2D eigenvalue weighted by atomic mass is 32.2. The Bertz CT molecular complexity index is 528. The Morgan fingerprint density at radius 3 is 2.65 bits per heavy atom. The average molecular weight is 256 g/mol. The smallest absolute Gasteiger partial charge is 0.244 e. The first-order valence-electron chi connectivity index (χ1n) is 5.36. The molecule has 0 aromatic heterocycles. The van der Waals surface area contributed by atoms with Crippen molar-refractivity contribution in [1.29, 1.82) is 0 Å². The standard InChI is InChI=1S/C11H16N2O3S/c1-7-3-4-10(16-2)11(5-7)17(14,15)13-9-6-8(9)12/h3-5,8-9,13H,6,12H2,1-2H3. The van der Waals surface area contributed by atoms with Gasteiger partial charge in [-0.3, -0.25) is 0 Å². The van der Waals surface area contributed by atoms with Gasteiger partial charge in [-0.25, -0.2) is 13.1 Å². The SMILES string of the molecule is COc1ccc(C)cc1S(=O)(=O)NC1CC1N. The normalized spacial score (nSPS) is 23.5. The van der Waals surface area contributed by atoms with Crippen LogP contribution >= 0.6 is 0 Å². The maximum absolute atomic E-state index is 12.1. The van der Waals surface area contributed by atoms with Crippen LogP contribution in [0.25, 0.3) is 0 Å². The summed E-state index contributed by atoms with van der Waals surface area (Å²) in [5.74, 6) is 0.345. The van der Waals surface area contributed by atoms with Crippen molar-refractivity contribution in [2.75, 3.05) is 7.11 Å². The summed E-state index contributed by atoms with van der Waals surface area (Å²) < 4.78 is 31.9. The molecule has 1 aromatic rings. The van der Waals surface area contributed by atoms with Gasteiger partial charge in [0.2, 0.25) is 10.0 Å². The summed E-state index contributed by atoms with van der Waals surface area (Å²) in [6.45, 7) is 1.83. The third kappa shape index (κ3) is 2.59. The summed E-state index contributed by atoms with van der Waals surface area (Å²) in [5, 5.41) is 0. The lowest BCUT2D eigenvalue weighted by molar-refractivity contribution is 0.402. The molecule has 1 fully saturated rings. The summed E-state index contributed by atoms with van der Waals surface area (Å²) in [6.07, 6.45) is 0.688. The molecule has 1 aliphatic rings. The number of nitrogens with two attached hydrogens (primary N) is 1. The van der Waals surface area contributed by atoms with Gasteiger partial charge >= 0.3 is 0 Å². The molecule has 2 atom stereocenters. The average Bonchev–Trinajstić information content (AvgIpc) is 2.93. The molecule has 2 rings (SSSR count). The van der Waals surface area contributed by atoms with Crippen LogP contribution in [0.15, 0.2) is 23.1 Å². The van der Waals surface area contributed by atoms with E-state index in [-0.39, 0.29) is 17.0 Å². The van der Waals surface area contributed by atoms with E-state index in [9.17, 15) is 8.42 Å². The minimum absolute atomic E-state index is 0.0689. The van der Waals surface area contributed by atoms with Crippen LogP contribution in [-0.4, -0.2) is 27.6 Å². The zero-order valence-corrected chi connectivity index (χ0v) is 10.6. The molecule has 5 nitrogen and oxygen atoms in total. The van der Waals surface area contributed by atoms with Crippen molar-refractivity contribution >= 4 is 10.0 Å². The van der Waals surface area contributed by atoms with Crippen LogP contribution in [0.2, 0.25) is 0 Å². The molecule has 1 aromatic carbocycles. The Labute approximate surface area is 101 Å². The Hall–Kier alpha value is -1.11. The van der Waals surface area contributed by atoms with E-state index < -0.39 is 10.0 Å². The summed E-state index contributed by atoms with van der Waals surface area (Å²) >= 11 is 0. The molecule has 2 unspecified atom stereocenters. The van der Waals surface area contributed by atoms with Crippen molar-refractivity contribution in [2.24, 2.45) is 5.73 Å². The van der Waals surface area contributed by atoms with Crippen molar-refractivity contribution < 1.29 is 13.2 Å². The molecule has 1 saturated carbocycles. The third-order valence-electron chi connectivity index (χ3n) is 2.75. The van der Waals surface area contributed by atoms with Gasteiger partial charge < -0.3 is 10.5 Å². The molecule has 6 heteroatoms. The van der Waals surface area contributed by atoms with Crippen LogP contribution in [0.4, 0.5) is 0 Å². The third-order valence-corrected chi connectivity index (χ3v) is 4.27. The van der Waals surface area contributed by atoms with E-state index in [4.69, 9.17) is 10.5 Å². The molecule has 17 heavy (non-hydrogen) atoms. The molecule has 0 aliphatic heterocycles. The Kier molecular flexibility index (Phi) is 3.11. The highest BCUT2D eigenvalue weighted by Gasteiger charge is 2.37. The van der Waals surface area contributed by atoms with Gasteiger partial charge in [-0.15, -0.1) is 0 Å². The fourth-order valence-corrected chi connectivity index (χ4v) is 3.16. The molecule has 3 N–H and O–H groups in total. The lowest BCUT2D eigenvalue weighted by Gasteiger charge is -2.11. The van der Waals surface area contributed by atoms with Crippen LogP contribution in [0.1, 0.15) is 12.0 Å². The second-order valence-electron chi connectivity index (χ2n) is 4.28. The number of rotatable bonds is 4. The van der Waals surface area contributed by atoms with Gasteiger partial charge in [0.05, 0.1) is 7.11 Å². The fourth-order valence-electron chi connectivity index (χ4n) is 1.61. The van der Waals surface area contributed by atoms with Crippen LogP contribution < -0.4 is 15.2 Å². The summed E-state index contributed by atoms with van der Waals surface area (Å²) in [6, 6.07) is 4.83. The molecule has 0 radical (unpaired) electrons. The highest BCUT2D eigenvalue weighted by Crippen LogP contribution is 2.27. The largest absolute Gasteiger partial charge is 0.495 e. The minimum Gasteiger partial charge on any atom is -0.495 e. The topological polar surface area (TPSA) is 81.4 Å². The molecular formula is C11H16N2O3S. The first-order chi connectivity index (χ1) is 7.94.